The lowest BCUT2D eigenvalue weighted by atomic mass is 10.1. The number of halogens is 2. The molecule has 0 bridgehead atoms. The average molecular weight is 409 g/mol. The summed E-state index contributed by atoms with van der Waals surface area (Å²) in [5, 5.41) is -0.823. The maximum absolute atomic E-state index is 11.8. The number of carbonyl (C=O) groups excluding carboxylic acids is 2. The van der Waals surface area contributed by atoms with Crippen molar-refractivity contribution in [2.24, 2.45) is 0 Å². The lowest BCUT2D eigenvalue weighted by Gasteiger charge is -2.07. The van der Waals surface area contributed by atoms with E-state index in [2.05, 4.69) is 13.8 Å². The molecule has 0 radical (unpaired) electrons. The summed E-state index contributed by atoms with van der Waals surface area (Å²) in [5.41, 5.74) is 0. The molecule has 0 aliphatic heterocycles. The van der Waals surface area contributed by atoms with Crippen LogP contribution in [0.15, 0.2) is 10.1 Å². The van der Waals surface area contributed by atoms with Gasteiger partial charge in [0.15, 0.2) is 10.1 Å². The van der Waals surface area contributed by atoms with Crippen LogP contribution in [0.25, 0.3) is 0 Å². The van der Waals surface area contributed by atoms with E-state index in [1.165, 1.54) is 38.5 Å². The number of ether oxygens (including phenoxy) is 2. The minimum absolute atomic E-state index is 0.276. The summed E-state index contributed by atoms with van der Waals surface area (Å²) in [6, 6.07) is 0. The lowest BCUT2D eigenvalue weighted by Crippen LogP contribution is -2.12. The summed E-state index contributed by atoms with van der Waals surface area (Å²) in [7, 11) is 0. The molecule has 0 atom stereocenters. The van der Waals surface area contributed by atoms with E-state index in [4.69, 9.17) is 32.7 Å². The van der Waals surface area contributed by atoms with Crippen molar-refractivity contribution in [1.29, 1.82) is 0 Å². The van der Waals surface area contributed by atoms with Crippen molar-refractivity contribution in [1.82, 2.24) is 0 Å². The Morgan fingerprint density at radius 1 is 0.577 bits per heavy atom. The van der Waals surface area contributed by atoms with Crippen LogP contribution in [-0.2, 0) is 19.1 Å². The van der Waals surface area contributed by atoms with Gasteiger partial charge in [0.1, 0.15) is 0 Å². The van der Waals surface area contributed by atoms with E-state index in [0.29, 0.717) is 0 Å². The summed E-state index contributed by atoms with van der Waals surface area (Å²) >= 11 is 11.7. The standard InChI is InChI=1S/C20H34Cl2O4/c1-3-5-7-9-11-13-15-25-19(23)17(21)18(22)20(24)26-16-14-12-10-8-6-4-2/h3-16H2,1-2H3. The Hall–Kier alpha value is -0.740. The fraction of sp³-hybridized carbons (Fsp3) is 0.800. The quantitative estimate of drug-likeness (QED) is 0.166. The monoisotopic (exact) mass is 408 g/mol. The molecule has 4 nitrogen and oxygen atoms in total. The van der Waals surface area contributed by atoms with Crippen LogP contribution >= 0.6 is 23.2 Å². The number of carbonyl (C=O) groups is 2. The van der Waals surface area contributed by atoms with Crippen LogP contribution in [0.4, 0.5) is 0 Å². The Morgan fingerprint density at radius 3 is 1.23 bits per heavy atom. The Morgan fingerprint density at radius 2 is 0.885 bits per heavy atom. The molecule has 0 heterocycles. The smallest absolute Gasteiger partial charge is 0.351 e. The molecule has 0 aliphatic carbocycles. The van der Waals surface area contributed by atoms with Gasteiger partial charge in [0.2, 0.25) is 0 Å². The highest BCUT2D eigenvalue weighted by atomic mass is 35.5. The van der Waals surface area contributed by atoms with Crippen LogP contribution in [-0.4, -0.2) is 25.2 Å². The second kappa shape index (κ2) is 17.7. The first-order valence-corrected chi connectivity index (χ1v) is 10.7. The van der Waals surface area contributed by atoms with Gasteiger partial charge in [-0.25, -0.2) is 9.59 Å². The van der Waals surface area contributed by atoms with E-state index in [1.807, 2.05) is 0 Å². The van der Waals surface area contributed by atoms with Crippen molar-refractivity contribution in [3.63, 3.8) is 0 Å². The minimum Gasteiger partial charge on any atom is -0.461 e. The topological polar surface area (TPSA) is 52.6 Å². The minimum atomic E-state index is -0.776. The van der Waals surface area contributed by atoms with Gasteiger partial charge in [0.05, 0.1) is 13.2 Å². The van der Waals surface area contributed by atoms with Crippen LogP contribution in [0, 0.1) is 0 Å². The third-order valence-corrected chi connectivity index (χ3v) is 4.80. The zero-order chi connectivity index (χ0) is 19.6. The predicted octanol–water partition coefficient (Wildman–Crippen LogP) is 6.48. The second-order valence-corrected chi connectivity index (χ2v) is 7.19. The molecule has 0 rings (SSSR count). The number of esters is 2. The van der Waals surface area contributed by atoms with Crippen molar-refractivity contribution in [2.75, 3.05) is 13.2 Å². The molecule has 0 saturated heterocycles. The lowest BCUT2D eigenvalue weighted by molar-refractivity contribution is -0.141. The van der Waals surface area contributed by atoms with Crippen LogP contribution in [0.1, 0.15) is 90.9 Å². The molecule has 0 spiro atoms. The molecule has 0 aliphatic rings. The molecular formula is C20H34Cl2O4. The number of hydrogen-bond donors (Lipinski definition) is 0. The van der Waals surface area contributed by atoms with Gasteiger partial charge in [-0.15, -0.1) is 0 Å². The van der Waals surface area contributed by atoms with Crippen molar-refractivity contribution in [3.05, 3.63) is 10.1 Å². The number of hydrogen-bond acceptors (Lipinski definition) is 4. The maximum Gasteiger partial charge on any atom is 0.351 e. The van der Waals surface area contributed by atoms with Crippen LogP contribution < -0.4 is 0 Å². The van der Waals surface area contributed by atoms with E-state index >= 15 is 0 Å². The molecule has 0 fully saturated rings. The van der Waals surface area contributed by atoms with Gasteiger partial charge < -0.3 is 9.47 Å². The molecule has 0 unspecified atom stereocenters. The van der Waals surface area contributed by atoms with Crippen molar-refractivity contribution >= 4 is 35.1 Å². The fourth-order valence-corrected chi connectivity index (χ4v) is 2.66. The third-order valence-electron chi connectivity index (χ3n) is 4.01. The largest absolute Gasteiger partial charge is 0.461 e. The van der Waals surface area contributed by atoms with E-state index in [1.54, 1.807) is 0 Å². The van der Waals surface area contributed by atoms with Gasteiger partial charge in [0, 0.05) is 0 Å². The van der Waals surface area contributed by atoms with E-state index < -0.39 is 22.0 Å². The van der Waals surface area contributed by atoms with Crippen LogP contribution in [0.2, 0.25) is 0 Å². The molecule has 0 saturated carbocycles. The van der Waals surface area contributed by atoms with Crippen molar-refractivity contribution < 1.29 is 19.1 Å². The summed E-state index contributed by atoms with van der Waals surface area (Å²) in [6.07, 6.45) is 13.1. The SMILES string of the molecule is CCCCCCCCOC(=O)C(Cl)=C(Cl)C(=O)OCCCCCCCC. The summed E-state index contributed by atoms with van der Waals surface area (Å²) < 4.78 is 10.1. The molecule has 0 N–H and O–H groups in total. The Kier molecular flexibility index (Phi) is 17.2. The number of rotatable bonds is 16. The Balaban J connectivity index is 3.94. The Labute approximate surface area is 168 Å². The molecule has 0 aromatic heterocycles. The third kappa shape index (κ3) is 13.5. The predicted molar refractivity (Wildman–Crippen MR) is 107 cm³/mol. The fourth-order valence-electron chi connectivity index (χ4n) is 2.40. The van der Waals surface area contributed by atoms with Gasteiger partial charge in [0.25, 0.3) is 0 Å². The zero-order valence-electron chi connectivity index (χ0n) is 16.3. The van der Waals surface area contributed by atoms with Gasteiger partial charge in [-0.1, -0.05) is 101 Å². The first-order chi connectivity index (χ1) is 12.5. The normalized spacial score (nSPS) is 11.8. The maximum atomic E-state index is 11.8. The molecule has 26 heavy (non-hydrogen) atoms. The van der Waals surface area contributed by atoms with Gasteiger partial charge in [-0.2, -0.15) is 0 Å². The van der Waals surface area contributed by atoms with Crippen molar-refractivity contribution in [3.8, 4) is 0 Å². The van der Waals surface area contributed by atoms with Gasteiger partial charge in [-0.05, 0) is 12.8 Å². The highest BCUT2D eigenvalue weighted by molar-refractivity contribution is 6.53. The van der Waals surface area contributed by atoms with Gasteiger partial charge in [-0.3, -0.25) is 0 Å². The van der Waals surface area contributed by atoms with Gasteiger partial charge >= 0.3 is 11.9 Å². The molecule has 0 aromatic carbocycles. The van der Waals surface area contributed by atoms with Crippen LogP contribution in [0.3, 0.4) is 0 Å². The number of unbranched alkanes of at least 4 members (excludes halogenated alkanes) is 10. The van der Waals surface area contributed by atoms with E-state index in [0.717, 1.165) is 38.5 Å². The highest BCUT2D eigenvalue weighted by Crippen LogP contribution is 2.18. The van der Waals surface area contributed by atoms with E-state index in [-0.39, 0.29) is 13.2 Å². The molecular weight excluding hydrogens is 375 g/mol. The second-order valence-electron chi connectivity index (χ2n) is 6.44. The van der Waals surface area contributed by atoms with E-state index in [9.17, 15) is 9.59 Å². The zero-order valence-corrected chi connectivity index (χ0v) is 17.8. The molecule has 152 valence electrons. The van der Waals surface area contributed by atoms with Crippen molar-refractivity contribution in [2.45, 2.75) is 90.9 Å². The molecule has 0 amide bonds. The summed E-state index contributed by atoms with van der Waals surface area (Å²) in [5.74, 6) is -1.55. The molecule has 6 heteroatoms. The molecule has 0 aromatic rings. The first kappa shape index (κ1) is 25.3. The van der Waals surface area contributed by atoms with Crippen LogP contribution in [0.5, 0.6) is 0 Å². The Bertz CT molecular complexity index is 384. The average Bonchev–Trinajstić information content (AvgIpc) is 2.64. The summed E-state index contributed by atoms with van der Waals surface area (Å²) in [6.45, 7) is 4.88. The first-order valence-electron chi connectivity index (χ1n) is 9.94. The highest BCUT2D eigenvalue weighted by Gasteiger charge is 2.20. The summed E-state index contributed by atoms with van der Waals surface area (Å²) in [4.78, 5) is 23.6.